The third kappa shape index (κ3) is 4.54. The van der Waals surface area contributed by atoms with Crippen molar-refractivity contribution in [1.82, 2.24) is 0 Å². The number of carboxylic acids is 1. The van der Waals surface area contributed by atoms with E-state index in [2.05, 4.69) is 40.7 Å². The molecule has 3 atom stereocenters. The molecule has 0 aromatic carbocycles. The van der Waals surface area contributed by atoms with Gasteiger partial charge in [-0.1, -0.05) is 60.1 Å². The van der Waals surface area contributed by atoms with Gasteiger partial charge in [0.05, 0.1) is 11.0 Å². The van der Waals surface area contributed by atoms with Gasteiger partial charge in [0.15, 0.2) is 5.78 Å². The Kier molecular flexibility index (Phi) is 7.05. The molecule has 0 amide bonds. The second-order valence-corrected chi connectivity index (χ2v) is 13.6. The number of nitriles is 1. The Morgan fingerprint density at radius 2 is 1.74 bits per heavy atom. The molecule has 0 aliphatic heterocycles. The van der Waals surface area contributed by atoms with Crippen molar-refractivity contribution in [1.29, 1.82) is 5.26 Å². The molecule has 3 aliphatic carbocycles. The third-order valence-corrected chi connectivity index (χ3v) is 10.0. The fourth-order valence-corrected chi connectivity index (χ4v) is 7.78. The van der Waals surface area contributed by atoms with Gasteiger partial charge in [-0.15, -0.1) is 0 Å². The van der Waals surface area contributed by atoms with E-state index in [-0.39, 0.29) is 34.0 Å². The van der Waals surface area contributed by atoms with Crippen molar-refractivity contribution in [2.75, 3.05) is 0 Å². The summed E-state index contributed by atoms with van der Waals surface area (Å²) in [6, 6.07) is 2.12. The molecule has 0 bridgehead atoms. The van der Waals surface area contributed by atoms with E-state index in [0.29, 0.717) is 19.3 Å². The first-order chi connectivity index (χ1) is 16.1. The summed E-state index contributed by atoms with van der Waals surface area (Å²) in [5.41, 5.74) is -0.928. The number of ketones is 1. The zero-order chi connectivity index (χ0) is 26.4. The van der Waals surface area contributed by atoms with E-state index in [0.717, 1.165) is 44.0 Å². The lowest BCUT2D eigenvalue weighted by Gasteiger charge is -2.59. The van der Waals surface area contributed by atoms with Gasteiger partial charge in [0.25, 0.3) is 0 Å². The highest BCUT2D eigenvalue weighted by Crippen LogP contribution is 2.65. The van der Waals surface area contributed by atoms with Crippen LogP contribution in [0.15, 0.2) is 23.3 Å². The molecule has 1 N–H and O–H groups in total. The van der Waals surface area contributed by atoms with Gasteiger partial charge in [-0.05, 0) is 80.1 Å². The molecule has 0 aromatic rings. The predicted molar refractivity (Wildman–Crippen MR) is 136 cm³/mol. The summed E-state index contributed by atoms with van der Waals surface area (Å²) in [5.74, 6) is -0.529. The molecule has 2 saturated carbocycles. The Morgan fingerprint density at radius 1 is 1.14 bits per heavy atom. The maximum atomic E-state index is 13.0. The summed E-state index contributed by atoms with van der Waals surface area (Å²) in [4.78, 5) is 37.3. The van der Waals surface area contributed by atoms with Gasteiger partial charge in [0, 0.05) is 10.8 Å². The van der Waals surface area contributed by atoms with Crippen molar-refractivity contribution in [3.05, 3.63) is 23.3 Å². The van der Waals surface area contributed by atoms with Gasteiger partial charge in [-0.3, -0.25) is 14.4 Å². The molecule has 3 aliphatic rings. The Morgan fingerprint density at radius 3 is 2.23 bits per heavy atom. The van der Waals surface area contributed by atoms with Crippen molar-refractivity contribution in [3.63, 3.8) is 0 Å². The Bertz CT molecular complexity index is 996. The Balaban J connectivity index is 1.97. The monoisotopic (exact) mass is 481 g/mol. The number of carbonyl (C=O) groups is 3. The number of carboxylic acid groups (broad SMARTS) is 1. The predicted octanol–water partition coefficient (Wildman–Crippen LogP) is 6.68. The smallest absolute Gasteiger partial charge is 0.309 e. The summed E-state index contributed by atoms with van der Waals surface area (Å²) in [6.45, 7) is 14.6. The first-order valence-electron chi connectivity index (χ1n) is 13.1. The first kappa shape index (κ1) is 27.4. The van der Waals surface area contributed by atoms with Crippen molar-refractivity contribution >= 4 is 18.0 Å². The van der Waals surface area contributed by atoms with Crippen LogP contribution in [0.1, 0.15) is 99.8 Å². The Hall–Kier alpha value is -2.22. The van der Waals surface area contributed by atoms with Crippen LogP contribution in [-0.2, 0) is 14.4 Å². The fraction of sp³-hybridized carbons (Fsp3) is 0.733. The average Bonchev–Trinajstić information content (AvgIpc) is 2.77. The average molecular weight is 482 g/mol. The van der Waals surface area contributed by atoms with E-state index in [9.17, 15) is 24.8 Å². The van der Waals surface area contributed by atoms with Crippen LogP contribution in [0.25, 0.3) is 0 Å². The summed E-state index contributed by atoms with van der Waals surface area (Å²) in [6.07, 6.45) is 10.5. The molecule has 3 rings (SSSR count). The van der Waals surface area contributed by atoms with Crippen LogP contribution in [0.4, 0.5) is 0 Å². The van der Waals surface area contributed by atoms with E-state index in [1.54, 1.807) is 6.08 Å². The number of aldehydes is 1. The number of allylic oxidation sites excluding steroid dienone is 4. The van der Waals surface area contributed by atoms with Crippen LogP contribution < -0.4 is 0 Å². The summed E-state index contributed by atoms with van der Waals surface area (Å²) in [5, 5.41) is 19.9. The molecule has 0 radical (unpaired) electrons. The van der Waals surface area contributed by atoms with Gasteiger partial charge >= 0.3 is 5.97 Å². The summed E-state index contributed by atoms with van der Waals surface area (Å²) < 4.78 is 0. The quantitative estimate of drug-likeness (QED) is 0.349. The highest BCUT2D eigenvalue weighted by Gasteiger charge is 2.60. The van der Waals surface area contributed by atoms with Crippen LogP contribution in [0.2, 0.25) is 0 Å². The molecule has 0 saturated heterocycles. The third-order valence-electron chi connectivity index (χ3n) is 10.0. The van der Waals surface area contributed by atoms with E-state index in [1.807, 2.05) is 19.9 Å². The number of carbonyl (C=O) groups excluding carboxylic acids is 2. The van der Waals surface area contributed by atoms with E-state index in [4.69, 9.17) is 0 Å². The number of rotatable bonds is 5. The van der Waals surface area contributed by atoms with Crippen molar-refractivity contribution in [2.24, 2.45) is 38.9 Å². The molecule has 2 fully saturated rings. The van der Waals surface area contributed by atoms with Crippen LogP contribution in [0, 0.1) is 50.2 Å². The standard InChI is InChI=1S/C30H43NO4/c1-26(2,3)15-16-30(25(34)35)13-8-21(9-14-30)28(6)12-10-22-27(4,5)24(33)20(19-31)18-29(22,7)23(28)11-17-32/h11,17-18,21-22H,8-10,12-16H2,1-7H3,(H,34,35)/b23-11+. The molecule has 192 valence electrons. The lowest BCUT2D eigenvalue weighted by molar-refractivity contribution is -0.153. The first-order valence-corrected chi connectivity index (χ1v) is 13.1. The molecular formula is C30H43NO4. The molecule has 0 spiro atoms. The summed E-state index contributed by atoms with van der Waals surface area (Å²) in [7, 11) is 0. The summed E-state index contributed by atoms with van der Waals surface area (Å²) >= 11 is 0. The second kappa shape index (κ2) is 9.02. The number of hydrogen-bond acceptors (Lipinski definition) is 4. The topological polar surface area (TPSA) is 95.2 Å². The zero-order valence-corrected chi connectivity index (χ0v) is 22.7. The van der Waals surface area contributed by atoms with Crippen molar-refractivity contribution in [2.45, 2.75) is 99.8 Å². The molecule has 5 heteroatoms. The molecular weight excluding hydrogens is 438 g/mol. The minimum Gasteiger partial charge on any atom is -0.481 e. The van der Waals surface area contributed by atoms with Gasteiger partial charge < -0.3 is 5.11 Å². The highest BCUT2D eigenvalue weighted by molar-refractivity contribution is 6.04. The van der Waals surface area contributed by atoms with Gasteiger partial charge in [-0.2, -0.15) is 5.26 Å². The van der Waals surface area contributed by atoms with E-state index >= 15 is 0 Å². The fourth-order valence-electron chi connectivity index (χ4n) is 7.78. The molecule has 0 heterocycles. The number of hydrogen-bond donors (Lipinski definition) is 1. The lowest BCUT2D eigenvalue weighted by Crippen LogP contribution is -2.54. The second-order valence-electron chi connectivity index (χ2n) is 13.6. The Labute approximate surface area is 211 Å². The number of Topliss-reactive ketones (excluding diaryl/α,β-unsaturated/α-hetero) is 1. The van der Waals surface area contributed by atoms with Crippen molar-refractivity contribution in [3.8, 4) is 6.07 Å². The van der Waals surface area contributed by atoms with Crippen LogP contribution in [0.3, 0.4) is 0 Å². The number of fused-ring (bicyclic) bond motifs is 1. The largest absolute Gasteiger partial charge is 0.481 e. The van der Waals surface area contributed by atoms with E-state index in [1.165, 1.54) is 0 Å². The van der Waals surface area contributed by atoms with Crippen LogP contribution in [-0.4, -0.2) is 23.1 Å². The van der Waals surface area contributed by atoms with Crippen molar-refractivity contribution < 1.29 is 19.5 Å². The normalized spacial score (nSPS) is 38.3. The minimum atomic E-state index is -0.685. The van der Waals surface area contributed by atoms with Gasteiger partial charge in [0.2, 0.25) is 0 Å². The molecule has 3 unspecified atom stereocenters. The number of nitrogens with zero attached hydrogens (tertiary/aromatic N) is 1. The van der Waals surface area contributed by atoms with Gasteiger partial charge in [0.1, 0.15) is 12.4 Å². The zero-order valence-electron chi connectivity index (χ0n) is 22.7. The highest BCUT2D eigenvalue weighted by atomic mass is 16.4. The van der Waals surface area contributed by atoms with Gasteiger partial charge in [-0.25, -0.2) is 0 Å². The molecule has 0 aromatic heterocycles. The maximum Gasteiger partial charge on any atom is 0.309 e. The van der Waals surface area contributed by atoms with Crippen LogP contribution in [0.5, 0.6) is 0 Å². The van der Waals surface area contributed by atoms with Crippen LogP contribution >= 0.6 is 0 Å². The molecule has 35 heavy (non-hydrogen) atoms. The van der Waals surface area contributed by atoms with E-state index < -0.39 is 22.2 Å². The SMILES string of the molecule is CC(C)(C)CCC1(C(=O)O)CCC(C2(C)CCC3C(C)(C)C(=O)C(C#N)=CC3(C)/C2=C/C=O)CC1. The lowest BCUT2D eigenvalue weighted by atomic mass is 9.43. The molecule has 5 nitrogen and oxygen atoms in total. The maximum absolute atomic E-state index is 13.0. The minimum absolute atomic E-state index is 0.00682. The number of aliphatic carboxylic acids is 1.